The maximum absolute atomic E-state index is 12.9. The molecule has 0 atom stereocenters. The minimum atomic E-state index is -0.558. The van der Waals surface area contributed by atoms with Gasteiger partial charge in [0, 0.05) is 12.6 Å². The first-order chi connectivity index (χ1) is 15.2. The highest BCUT2D eigenvalue weighted by Gasteiger charge is 2.53. The summed E-state index contributed by atoms with van der Waals surface area (Å²) in [6.45, 7) is 1.000. The number of thiophene rings is 1. The molecule has 2 aromatic carbocycles. The van der Waals surface area contributed by atoms with Crippen LogP contribution in [0.4, 0.5) is 0 Å². The molecule has 156 valence electrons. The van der Waals surface area contributed by atoms with Crippen LogP contribution in [0.5, 0.6) is 5.75 Å². The van der Waals surface area contributed by atoms with Gasteiger partial charge in [-0.25, -0.2) is 0 Å². The summed E-state index contributed by atoms with van der Waals surface area (Å²) in [7, 11) is 0. The number of nitrogens with one attached hydrogen (secondary N) is 1. The summed E-state index contributed by atoms with van der Waals surface area (Å²) in [6.07, 6.45) is 1.59. The van der Waals surface area contributed by atoms with Crippen molar-refractivity contribution < 1.29 is 14.1 Å². The van der Waals surface area contributed by atoms with Gasteiger partial charge in [-0.05, 0) is 47.5 Å². The average Bonchev–Trinajstić information content (AvgIpc) is 3.21. The molecule has 1 fully saturated rings. The van der Waals surface area contributed by atoms with Crippen LogP contribution in [-0.2, 0) is 23.4 Å². The number of carbonyl (C=O) groups excluding carboxylic acids is 1. The fraction of sp³-hybridized carbons (Fsp3) is 0.200. The van der Waals surface area contributed by atoms with E-state index < -0.39 is 5.41 Å². The maximum atomic E-state index is 12.9. The van der Waals surface area contributed by atoms with Gasteiger partial charge in [0.05, 0.1) is 16.0 Å². The minimum Gasteiger partial charge on any atom is -0.489 e. The second-order valence-electron chi connectivity index (χ2n) is 7.74. The van der Waals surface area contributed by atoms with Gasteiger partial charge in [-0.2, -0.15) is 0 Å². The minimum absolute atomic E-state index is 0.00272. The van der Waals surface area contributed by atoms with Crippen molar-refractivity contribution in [2.75, 3.05) is 0 Å². The van der Waals surface area contributed by atoms with E-state index in [0.29, 0.717) is 13.2 Å². The molecule has 1 N–H and O–H groups in total. The van der Waals surface area contributed by atoms with E-state index in [9.17, 15) is 4.79 Å². The molecule has 1 aliphatic carbocycles. The van der Waals surface area contributed by atoms with E-state index >= 15 is 0 Å². The van der Waals surface area contributed by atoms with E-state index in [1.807, 2.05) is 78.2 Å². The standard InChI is InChI=1S/C25H22N2O3S/c28-24(25(12-13-25)23-15-21(30-27-23)22-7-4-14-31-22)26-16-18-8-10-20(11-9-18)29-17-19-5-2-1-3-6-19/h1-11,14-15H,12-13,16-17H2,(H,26,28). The van der Waals surface area contributed by atoms with Gasteiger partial charge in [0.25, 0.3) is 0 Å². The molecule has 6 heteroatoms. The molecule has 1 amide bonds. The molecule has 2 heterocycles. The first kappa shape index (κ1) is 19.6. The quantitative estimate of drug-likeness (QED) is 0.410. The van der Waals surface area contributed by atoms with Crippen LogP contribution in [0.2, 0.25) is 0 Å². The van der Waals surface area contributed by atoms with Crippen LogP contribution < -0.4 is 10.1 Å². The third kappa shape index (κ3) is 4.25. The maximum Gasteiger partial charge on any atom is 0.232 e. The van der Waals surface area contributed by atoms with Crippen molar-refractivity contribution in [1.29, 1.82) is 0 Å². The van der Waals surface area contributed by atoms with Gasteiger partial charge >= 0.3 is 0 Å². The molecule has 0 spiro atoms. The number of hydrogen-bond donors (Lipinski definition) is 1. The van der Waals surface area contributed by atoms with Crippen molar-refractivity contribution in [2.24, 2.45) is 0 Å². The van der Waals surface area contributed by atoms with E-state index in [1.54, 1.807) is 11.3 Å². The Bertz CT molecular complexity index is 1150. The van der Waals surface area contributed by atoms with E-state index in [2.05, 4.69) is 10.5 Å². The summed E-state index contributed by atoms with van der Waals surface area (Å²) in [5, 5.41) is 9.25. The zero-order chi connectivity index (χ0) is 21.1. The first-order valence-corrected chi connectivity index (χ1v) is 11.2. The number of aromatic nitrogens is 1. The Morgan fingerprint density at radius 2 is 1.84 bits per heavy atom. The lowest BCUT2D eigenvalue weighted by atomic mass is 10.0. The summed E-state index contributed by atoms with van der Waals surface area (Å²) >= 11 is 1.59. The van der Waals surface area contributed by atoms with E-state index in [4.69, 9.17) is 9.26 Å². The Hall–Kier alpha value is -3.38. The average molecular weight is 431 g/mol. The predicted octanol–water partition coefficient (Wildman–Crippen LogP) is 5.33. The number of carbonyl (C=O) groups is 1. The number of ether oxygens (including phenoxy) is 1. The molecule has 0 saturated heterocycles. The SMILES string of the molecule is O=C(NCc1ccc(OCc2ccccc2)cc1)C1(c2cc(-c3cccs3)on2)CC1. The second kappa shape index (κ2) is 8.40. The molecule has 1 aliphatic rings. The molecular weight excluding hydrogens is 408 g/mol. The van der Waals surface area contributed by atoms with Crippen LogP contribution in [0.1, 0.15) is 29.7 Å². The van der Waals surface area contributed by atoms with Crippen LogP contribution >= 0.6 is 11.3 Å². The van der Waals surface area contributed by atoms with Gasteiger partial charge in [-0.15, -0.1) is 11.3 Å². The van der Waals surface area contributed by atoms with Crippen LogP contribution in [-0.4, -0.2) is 11.1 Å². The highest BCUT2D eigenvalue weighted by molar-refractivity contribution is 7.13. The Balaban J connectivity index is 1.17. The van der Waals surface area contributed by atoms with Crippen molar-refractivity contribution in [3.8, 4) is 16.4 Å². The Kier molecular flexibility index (Phi) is 5.30. The monoisotopic (exact) mass is 430 g/mol. The number of rotatable bonds is 8. The van der Waals surface area contributed by atoms with E-state index in [-0.39, 0.29) is 5.91 Å². The van der Waals surface area contributed by atoms with Crippen LogP contribution in [0, 0.1) is 0 Å². The molecule has 0 bridgehead atoms. The Morgan fingerprint density at radius 3 is 2.55 bits per heavy atom. The molecule has 5 nitrogen and oxygen atoms in total. The van der Waals surface area contributed by atoms with Crippen molar-refractivity contribution in [1.82, 2.24) is 10.5 Å². The van der Waals surface area contributed by atoms with Gasteiger partial charge in [-0.1, -0.05) is 53.7 Å². The van der Waals surface area contributed by atoms with Gasteiger partial charge in [0.1, 0.15) is 12.4 Å². The number of benzene rings is 2. The molecule has 31 heavy (non-hydrogen) atoms. The first-order valence-electron chi connectivity index (χ1n) is 10.3. The molecule has 0 unspecified atom stereocenters. The fourth-order valence-corrected chi connectivity index (χ4v) is 4.23. The summed E-state index contributed by atoms with van der Waals surface area (Å²) < 4.78 is 11.3. The largest absolute Gasteiger partial charge is 0.489 e. The van der Waals surface area contributed by atoms with E-state index in [0.717, 1.165) is 46.0 Å². The molecule has 0 radical (unpaired) electrons. The summed E-state index contributed by atoms with van der Waals surface area (Å²) in [4.78, 5) is 13.9. The lowest BCUT2D eigenvalue weighted by Gasteiger charge is -2.13. The fourth-order valence-electron chi connectivity index (χ4n) is 3.56. The second-order valence-corrected chi connectivity index (χ2v) is 8.68. The number of hydrogen-bond acceptors (Lipinski definition) is 5. The van der Waals surface area contributed by atoms with Crippen molar-refractivity contribution in [2.45, 2.75) is 31.4 Å². The molecule has 5 rings (SSSR count). The van der Waals surface area contributed by atoms with Gasteiger partial charge in [0.2, 0.25) is 5.91 Å². The Labute approximate surface area is 184 Å². The van der Waals surface area contributed by atoms with Gasteiger partial charge in [-0.3, -0.25) is 4.79 Å². The van der Waals surface area contributed by atoms with Crippen LogP contribution in [0.3, 0.4) is 0 Å². The molecule has 1 saturated carbocycles. The third-order valence-electron chi connectivity index (χ3n) is 5.57. The van der Waals surface area contributed by atoms with Gasteiger partial charge < -0.3 is 14.6 Å². The lowest BCUT2D eigenvalue weighted by Crippen LogP contribution is -2.34. The predicted molar refractivity (Wildman–Crippen MR) is 120 cm³/mol. The normalized spacial score (nSPS) is 14.2. The zero-order valence-corrected chi connectivity index (χ0v) is 17.7. The molecule has 2 aromatic heterocycles. The summed E-state index contributed by atoms with van der Waals surface area (Å²) in [5.41, 5.74) is 2.31. The van der Waals surface area contributed by atoms with Gasteiger partial charge in [0.15, 0.2) is 5.76 Å². The zero-order valence-electron chi connectivity index (χ0n) is 16.9. The number of nitrogens with zero attached hydrogens (tertiary/aromatic N) is 1. The number of amides is 1. The van der Waals surface area contributed by atoms with Crippen molar-refractivity contribution >= 4 is 17.2 Å². The Morgan fingerprint density at radius 1 is 1.03 bits per heavy atom. The highest BCUT2D eigenvalue weighted by atomic mass is 32.1. The van der Waals surface area contributed by atoms with Crippen molar-refractivity contribution in [3.05, 3.63) is 95.0 Å². The smallest absolute Gasteiger partial charge is 0.232 e. The summed E-state index contributed by atoms with van der Waals surface area (Å²) in [6, 6.07) is 23.7. The molecular formula is C25H22N2O3S. The molecule has 0 aliphatic heterocycles. The molecule has 4 aromatic rings. The topological polar surface area (TPSA) is 64.4 Å². The third-order valence-corrected chi connectivity index (χ3v) is 6.46. The van der Waals surface area contributed by atoms with E-state index in [1.165, 1.54) is 0 Å². The lowest BCUT2D eigenvalue weighted by molar-refractivity contribution is -0.123. The van der Waals surface area contributed by atoms with Crippen LogP contribution in [0.25, 0.3) is 10.6 Å². The van der Waals surface area contributed by atoms with Crippen molar-refractivity contribution in [3.63, 3.8) is 0 Å². The summed E-state index contributed by atoms with van der Waals surface area (Å²) in [5.74, 6) is 1.53. The van der Waals surface area contributed by atoms with Crippen LogP contribution in [0.15, 0.2) is 82.7 Å². The highest BCUT2D eigenvalue weighted by Crippen LogP contribution is 2.48.